The van der Waals surface area contributed by atoms with Crippen molar-refractivity contribution < 1.29 is 9.84 Å². The van der Waals surface area contributed by atoms with Gasteiger partial charge in [-0.15, -0.1) is 11.6 Å². The quantitative estimate of drug-likeness (QED) is 0.650. The number of phenols is 1. The number of alkyl halides is 1. The van der Waals surface area contributed by atoms with Gasteiger partial charge in [-0.2, -0.15) is 0 Å². The van der Waals surface area contributed by atoms with E-state index in [1.165, 1.54) is 0 Å². The number of benzene rings is 2. The van der Waals surface area contributed by atoms with Crippen molar-refractivity contribution in [2.45, 2.75) is 6.42 Å². The van der Waals surface area contributed by atoms with E-state index in [1.807, 2.05) is 36.4 Å². The minimum absolute atomic E-state index is 0.278. The molecule has 2 aromatic carbocycles. The normalized spacial score (nSPS) is 10.3. The molecule has 0 aliphatic rings. The molecule has 2 nitrogen and oxygen atoms in total. The van der Waals surface area contributed by atoms with Gasteiger partial charge >= 0.3 is 0 Å². The number of halogens is 1. The van der Waals surface area contributed by atoms with E-state index in [0.717, 1.165) is 23.3 Å². The van der Waals surface area contributed by atoms with Crippen LogP contribution in [-0.2, 0) is 0 Å². The number of rotatable bonds is 5. The Morgan fingerprint density at radius 3 is 2.00 bits per heavy atom. The molecule has 2 aromatic rings. The first-order chi connectivity index (χ1) is 8.79. The first-order valence-electron chi connectivity index (χ1n) is 5.88. The van der Waals surface area contributed by atoms with Crippen LogP contribution in [0.2, 0.25) is 0 Å². The van der Waals surface area contributed by atoms with Gasteiger partial charge in [0.05, 0.1) is 6.61 Å². The summed E-state index contributed by atoms with van der Waals surface area (Å²) in [5.41, 5.74) is 2.17. The average Bonchev–Trinajstić information content (AvgIpc) is 2.41. The van der Waals surface area contributed by atoms with Crippen LogP contribution in [0, 0.1) is 0 Å². The zero-order valence-electron chi connectivity index (χ0n) is 9.97. The smallest absolute Gasteiger partial charge is 0.119 e. The van der Waals surface area contributed by atoms with Crippen LogP contribution < -0.4 is 4.74 Å². The monoisotopic (exact) mass is 262 g/mol. The van der Waals surface area contributed by atoms with Crippen molar-refractivity contribution in [2.75, 3.05) is 12.5 Å². The largest absolute Gasteiger partial charge is 0.508 e. The van der Waals surface area contributed by atoms with Gasteiger partial charge in [-0.05, 0) is 41.8 Å². The number of aromatic hydroxyl groups is 1. The third-order valence-corrected chi connectivity index (χ3v) is 2.87. The summed E-state index contributed by atoms with van der Waals surface area (Å²) in [6, 6.07) is 15.0. The maximum absolute atomic E-state index is 9.24. The maximum Gasteiger partial charge on any atom is 0.119 e. The Balaban J connectivity index is 2.05. The van der Waals surface area contributed by atoms with E-state index in [1.54, 1.807) is 12.1 Å². The molecule has 0 amide bonds. The molecule has 18 heavy (non-hydrogen) atoms. The molecule has 0 atom stereocenters. The summed E-state index contributed by atoms with van der Waals surface area (Å²) in [6.45, 7) is 0.641. The molecular weight excluding hydrogens is 248 g/mol. The molecule has 3 heteroatoms. The van der Waals surface area contributed by atoms with E-state index in [4.69, 9.17) is 16.3 Å². The Kier molecular flexibility index (Phi) is 4.48. The topological polar surface area (TPSA) is 29.5 Å². The molecule has 0 saturated heterocycles. The minimum atomic E-state index is 0.278. The predicted octanol–water partition coefficient (Wildman–Crippen LogP) is 4.07. The molecule has 0 radical (unpaired) electrons. The summed E-state index contributed by atoms with van der Waals surface area (Å²) < 4.78 is 5.53. The van der Waals surface area contributed by atoms with Crippen LogP contribution in [0.3, 0.4) is 0 Å². The molecule has 0 heterocycles. The maximum atomic E-state index is 9.24. The lowest BCUT2D eigenvalue weighted by Gasteiger charge is -2.06. The number of hydrogen-bond acceptors (Lipinski definition) is 2. The molecule has 0 spiro atoms. The van der Waals surface area contributed by atoms with E-state index < -0.39 is 0 Å². The van der Waals surface area contributed by atoms with Gasteiger partial charge in [-0.25, -0.2) is 0 Å². The summed E-state index contributed by atoms with van der Waals surface area (Å²) in [5.74, 6) is 1.74. The Morgan fingerprint density at radius 2 is 1.44 bits per heavy atom. The van der Waals surface area contributed by atoms with Crippen LogP contribution in [0.5, 0.6) is 11.5 Å². The van der Waals surface area contributed by atoms with Crippen molar-refractivity contribution in [3.8, 4) is 22.6 Å². The highest BCUT2D eigenvalue weighted by Crippen LogP contribution is 2.24. The van der Waals surface area contributed by atoms with Crippen LogP contribution >= 0.6 is 11.6 Å². The highest BCUT2D eigenvalue weighted by atomic mass is 35.5. The summed E-state index contributed by atoms with van der Waals surface area (Å²) in [7, 11) is 0. The van der Waals surface area contributed by atoms with Crippen LogP contribution in [0.1, 0.15) is 6.42 Å². The van der Waals surface area contributed by atoms with Crippen molar-refractivity contribution >= 4 is 11.6 Å². The lowest BCUT2D eigenvalue weighted by molar-refractivity contribution is 0.318. The Bertz CT molecular complexity index is 477. The van der Waals surface area contributed by atoms with Gasteiger partial charge in [0.2, 0.25) is 0 Å². The van der Waals surface area contributed by atoms with Crippen LogP contribution in [0.4, 0.5) is 0 Å². The molecule has 0 aliphatic heterocycles. The third-order valence-electron chi connectivity index (χ3n) is 2.60. The molecule has 0 aromatic heterocycles. The first-order valence-corrected chi connectivity index (χ1v) is 6.41. The fourth-order valence-corrected chi connectivity index (χ4v) is 1.75. The van der Waals surface area contributed by atoms with Crippen LogP contribution in [-0.4, -0.2) is 17.6 Å². The minimum Gasteiger partial charge on any atom is -0.508 e. The van der Waals surface area contributed by atoms with E-state index in [9.17, 15) is 5.11 Å². The second-order valence-electron chi connectivity index (χ2n) is 3.96. The summed E-state index contributed by atoms with van der Waals surface area (Å²) in [4.78, 5) is 0. The Labute approximate surface area is 112 Å². The van der Waals surface area contributed by atoms with Gasteiger partial charge in [0.1, 0.15) is 11.5 Å². The second-order valence-corrected chi connectivity index (χ2v) is 4.34. The fourth-order valence-electron chi connectivity index (χ4n) is 1.64. The number of phenolic OH excluding ortho intramolecular Hbond substituents is 1. The molecule has 0 aliphatic carbocycles. The SMILES string of the molecule is Oc1ccc(-c2ccc(OCCCCl)cc2)cc1. The summed E-state index contributed by atoms with van der Waals surface area (Å²) in [5, 5.41) is 9.24. The van der Waals surface area contributed by atoms with E-state index in [2.05, 4.69) is 0 Å². The molecule has 1 N–H and O–H groups in total. The van der Waals surface area contributed by atoms with Crippen molar-refractivity contribution in [1.82, 2.24) is 0 Å². The molecule has 0 bridgehead atoms. The average molecular weight is 263 g/mol. The first kappa shape index (κ1) is 12.8. The highest BCUT2D eigenvalue weighted by Gasteiger charge is 1.99. The third kappa shape index (κ3) is 3.41. The molecule has 94 valence electrons. The lowest BCUT2D eigenvalue weighted by Crippen LogP contribution is -1.97. The van der Waals surface area contributed by atoms with Gasteiger partial charge in [0.25, 0.3) is 0 Å². The van der Waals surface area contributed by atoms with Gasteiger partial charge in [-0.3, -0.25) is 0 Å². The van der Waals surface area contributed by atoms with Crippen LogP contribution in [0.25, 0.3) is 11.1 Å². The molecule has 0 unspecified atom stereocenters. The fraction of sp³-hybridized carbons (Fsp3) is 0.200. The van der Waals surface area contributed by atoms with E-state index >= 15 is 0 Å². The Hall–Kier alpha value is -1.67. The Morgan fingerprint density at radius 1 is 0.889 bits per heavy atom. The highest BCUT2D eigenvalue weighted by molar-refractivity contribution is 6.17. The van der Waals surface area contributed by atoms with Gasteiger partial charge < -0.3 is 9.84 Å². The predicted molar refractivity (Wildman–Crippen MR) is 74.4 cm³/mol. The summed E-state index contributed by atoms with van der Waals surface area (Å²) in [6.07, 6.45) is 0.848. The zero-order valence-corrected chi connectivity index (χ0v) is 10.7. The van der Waals surface area contributed by atoms with E-state index in [0.29, 0.717) is 12.5 Å². The number of hydrogen-bond donors (Lipinski definition) is 1. The molecule has 0 fully saturated rings. The van der Waals surface area contributed by atoms with Crippen molar-refractivity contribution in [2.24, 2.45) is 0 Å². The van der Waals surface area contributed by atoms with Crippen LogP contribution in [0.15, 0.2) is 48.5 Å². The summed E-state index contributed by atoms with van der Waals surface area (Å²) >= 11 is 5.59. The molecule has 2 rings (SSSR count). The van der Waals surface area contributed by atoms with Gasteiger partial charge in [0.15, 0.2) is 0 Å². The second kappa shape index (κ2) is 6.31. The van der Waals surface area contributed by atoms with Crippen molar-refractivity contribution in [3.05, 3.63) is 48.5 Å². The lowest BCUT2D eigenvalue weighted by atomic mass is 10.1. The zero-order chi connectivity index (χ0) is 12.8. The van der Waals surface area contributed by atoms with E-state index in [-0.39, 0.29) is 5.75 Å². The standard InChI is InChI=1S/C15H15ClO2/c16-10-1-11-18-15-8-4-13(5-9-15)12-2-6-14(17)7-3-12/h2-9,17H,1,10-11H2. The van der Waals surface area contributed by atoms with Gasteiger partial charge in [0, 0.05) is 5.88 Å². The van der Waals surface area contributed by atoms with Gasteiger partial charge in [-0.1, -0.05) is 24.3 Å². The molecular formula is C15H15ClO2. The van der Waals surface area contributed by atoms with Crippen molar-refractivity contribution in [3.63, 3.8) is 0 Å². The van der Waals surface area contributed by atoms with Crippen molar-refractivity contribution in [1.29, 1.82) is 0 Å². The number of ether oxygens (including phenoxy) is 1. The molecule has 0 saturated carbocycles.